The molecule has 0 saturated heterocycles. The Kier molecular flexibility index (Phi) is 7.47. The first-order valence-electron chi connectivity index (χ1n) is 7.09. The van der Waals surface area contributed by atoms with Gasteiger partial charge in [0.05, 0.1) is 10.7 Å². The standard InChI is InChI=1S/C14H27N3S/c1-4-12(5-2)9-17(6-3)10-13-11-18-14(16-13)7-8-15/h11-12H,4-10,15H2,1-3H3. The third-order valence-electron chi connectivity index (χ3n) is 3.46. The zero-order chi connectivity index (χ0) is 13.4. The summed E-state index contributed by atoms with van der Waals surface area (Å²) in [6.07, 6.45) is 3.44. The number of nitrogens with two attached hydrogens (primary N) is 1. The predicted octanol–water partition coefficient (Wildman–Crippen LogP) is 2.90. The van der Waals surface area contributed by atoms with E-state index in [-0.39, 0.29) is 0 Å². The summed E-state index contributed by atoms with van der Waals surface area (Å²) in [5.41, 5.74) is 6.76. The fraction of sp³-hybridized carbons (Fsp3) is 0.786. The molecule has 0 aliphatic rings. The van der Waals surface area contributed by atoms with Crippen molar-refractivity contribution in [2.24, 2.45) is 11.7 Å². The summed E-state index contributed by atoms with van der Waals surface area (Å²) in [4.78, 5) is 7.14. The molecular formula is C14H27N3S. The lowest BCUT2D eigenvalue weighted by atomic mass is 10.0. The van der Waals surface area contributed by atoms with E-state index in [0.29, 0.717) is 6.54 Å². The quantitative estimate of drug-likeness (QED) is 0.749. The monoisotopic (exact) mass is 269 g/mol. The largest absolute Gasteiger partial charge is 0.330 e. The Morgan fingerprint density at radius 2 is 2.06 bits per heavy atom. The van der Waals surface area contributed by atoms with Crippen molar-refractivity contribution in [3.05, 3.63) is 16.1 Å². The van der Waals surface area contributed by atoms with Gasteiger partial charge in [-0.1, -0.05) is 33.6 Å². The molecule has 3 nitrogen and oxygen atoms in total. The number of aromatic nitrogens is 1. The van der Waals surface area contributed by atoms with Gasteiger partial charge in [-0.3, -0.25) is 4.90 Å². The van der Waals surface area contributed by atoms with Crippen LogP contribution in [-0.2, 0) is 13.0 Å². The second-order valence-corrected chi connectivity index (χ2v) is 5.72. The van der Waals surface area contributed by atoms with Crippen LogP contribution in [0.4, 0.5) is 0 Å². The smallest absolute Gasteiger partial charge is 0.0941 e. The van der Waals surface area contributed by atoms with Crippen LogP contribution in [0.5, 0.6) is 0 Å². The summed E-state index contributed by atoms with van der Waals surface area (Å²) in [6, 6.07) is 0. The molecule has 18 heavy (non-hydrogen) atoms. The molecular weight excluding hydrogens is 242 g/mol. The van der Waals surface area contributed by atoms with E-state index in [4.69, 9.17) is 5.73 Å². The molecule has 1 heterocycles. The molecule has 0 amide bonds. The first-order valence-corrected chi connectivity index (χ1v) is 7.97. The molecule has 0 aromatic carbocycles. The molecule has 0 aliphatic heterocycles. The number of hydrogen-bond donors (Lipinski definition) is 1. The summed E-state index contributed by atoms with van der Waals surface area (Å²) in [6.45, 7) is 10.8. The normalized spacial score (nSPS) is 11.7. The maximum absolute atomic E-state index is 5.56. The molecule has 0 saturated carbocycles. The molecule has 0 fully saturated rings. The average molecular weight is 269 g/mol. The van der Waals surface area contributed by atoms with E-state index in [2.05, 4.69) is 36.0 Å². The van der Waals surface area contributed by atoms with Gasteiger partial charge in [-0.05, 0) is 19.0 Å². The lowest BCUT2D eigenvalue weighted by Gasteiger charge is -2.24. The fourth-order valence-electron chi connectivity index (χ4n) is 2.11. The highest BCUT2D eigenvalue weighted by Gasteiger charge is 2.12. The maximum atomic E-state index is 5.56. The first-order chi connectivity index (χ1) is 8.73. The maximum Gasteiger partial charge on any atom is 0.0941 e. The molecule has 4 heteroatoms. The highest BCUT2D eigenvalue weighted by molar-refractivity contribution is 7.09. The van der Waals surface area contributed by atoms with Crippen LogP contribution < -0.4 is 5.73 Å². The van der Waals surface area contributed by atoms with Crippen LogP contribution in [0.25, 0.3) is 0 Å². The minimum atomic E-state index is 0.693. The van der Waals surface area contributed by atoms with Gasteiger partial charge < -0.3 is 5.73 Å². The van der Waals surface area contributed by atoms with Crippen molar-refractivity contribution in [2.45, 2.75) is 46.6 Å². The number of nitrogens with zero attached hydrogens (tertiary/aromatic N) is 2. The van der Waals surface area contributed by atoms with Crippen LogP contribution >= 0.6 is 11.3 Å². The summed E-state index contributed by atoms with van der Waals surface area (Å²) in [5, 5.41) is 3.35. The number of rotatable bonds is 9. The van der Waals surface area contributed by atoms with Crippen LogP contribution in [0.15, 0.2) is 5.38 Å². The number of hydrogen-bond acceptors (Lipinski definition) is 4. The molecule has 2 N–H and O–H groups in total. The Balaban J connectivity index is 2.50. The Labute approximate surface area is 115 Å². The molecule has 0 unspecified atom stereocenters. The topological polar surface area (TPSA) is 42.1 Å². The summed E-state index contributed by atoms with van der Waals surface area (Å²) in [5.74, 6) is 0.812. The SMILES string of the molecule is CCC(CC)CN(CC)Cc1csc(CCN)n1. The Hall–Kier alpha value is -0.450. The lowest BCUT2D eigenvalue weighted by Crippen LogP contribution is -2.28. The van der Waals surface area contributed by atoms with Crippen LogP contribution in [0.1, 0.15) is 44.3 Å². The second-order valence-electron chi connectivity index (χ2n) is 4.78. The van der Waals surface area contributed by atoms with Gasteiger partial charge in [0, 0.05) is 24.9 Å². The van der Waals surface area contributed by atoms with Crippen molar-refractivity contribution >= 4 is 11.3 Å². The van der Waals surface area contributed by atoms with Crippen LogP contribution in [0, 0.1) is 5.92 Å². The van der Waals surface area contributed by atoms with Crippen molar-refractivity contribution in [3.63, 3.8) is 0 Å². The summed E-state index contributed by atoms with van der Waals surface area (Å²) < 4.78 is 0. The van der Waals surface area contributed by atoms with Gasteiger partial charge in [-0.2, -0.15) is 0 Å². The van der Waals surface area contributed by atoms with Crippen LogP contribution in [0.3, 0.4) is 0 Å². The molecule has 1 aromatic heterocycles. The van der Waals surface area contributed by atoms with Crippen molar-refractivity contribution in [1.29, 1.82) is 0 Å². The summed E-state index contributed by atoms with van der Waals surface area (Å²) >= 11 is 1.74. The van der Waals surface area contributed by atoms with Gasteiger partial charge >= 0.3 is 0 Å². The van der Waals surface area contributed by atoms with Crippen LogP contribution in [-0.4, -0.2) is 29.5 Å². The van der Waals surface area contributed by atoms with E-state index < -0.39 is 0 Å². The predicted molar refractivity (Wildman–Crippen MR) is 79.9 cm³/mol. The summed E-state index contributed by atoms with van der Waals surface area (Å²) in [7, 11) is 0. The van der Waals surface area contributed by atoms with Gasteiger partial charge in [0.15, 0.2) is 0 Å². The molecule has 1 rings (SSSR count). The van der Waals surface area contributed by atoms with Crippen molar-refractivity contribution in [3.8, 4) is 0 Å². The van der Waals surface area contributed by atoms with E-state index in [1.165, 1.54) is 30.1 Å². The van der Waals surface area contributed by atoms with Gasteiger partial charge in [-0.25, -0.2) is 4.98 Å². The van der Waals surface area contributed by atoms with Crippen LogP contribution in [0.2, 0.25) is 0 Å². The molecule has 0 atom stereocenters. The van der Waals surface area contributed by atoms with Gasteiger partial charge in [0.2, 0.25) is 0 Å². The number of thiazole rings is 1. The minimum absolute atomic E-state index is 0.693. The second kappa shape index (κ2) is 8.62. The van der Waals surface area contributed by atoms with E-state index in [1.54, 1.807) is 11.3 Å². The average Bonchev–Trinajstić information content (AvgIpc) is 2.82. The van der Waals surface area contributed by atoms with Gasteiger partial charge in [0.25, 0.3) is 0 Å². The Morgan fingerprint density at radius 1 is 1.33 bits per heavy atom. The lowest BCUT2D eigenvalue weighted by molar-refractivity contribution is 0.224. The Bertz CT molecular complexity index is 321. The van der Waals surface area contributed by atoms with Crippen molar-refractivity contribution in [1.82, 2.24) is 9.88 Å². The fourth-order valence-corrected chi connectivity index (χ4v) is 2.91. The van der Waals surface area contributed by atoms with E-state index in [9.17, 15) is 0 Å². The molecule has 0 aliphatic carbocycles. The minimum Gasteiger partial charge on any atom is -0.330 e. The highest BCUT2D eigenvalue weighted by atomic mass is 32.1. The third-order valence-corrected chi connectivity index (χ3v) is 4.42. The van der Waals surface area contributed by atoms with Crippen molar-refractivity contribution < 1.29 is 0 Å². The Morgan fingerprint density at radius 3 is 2.61 bits per heavy atom. The third kappa shape index (κ3) is 5.04. The first kappa shape index (κ1) is 15.6. The molecule has 0 radical (unpaired) electrons. The van der Waals surface area contributed by atoms with E-state index in [1.807, 2.05) is 0 Å². The molecule has 0 bridgehead atoms. The van der Waals surface area contributed by atoms with Gasteiger partial charge in [0.1, 0.15) is 0 Å². The molecule has 0 spiro atoms. The van der Waals surface area contributed by atoms with E-state index in [0.717, 1.165) is 25.4 Å². The molecule has 1 aromatic rings. The van der Waals surface area contributed by atoms with E-state index >= 15 is 0 Å². The zero-order valence-corrected chi connectivity index (χ0v) is 12.8. The molecule has 104 valence electrons. The zero-order valence-electron chi connectivity index (χ0n) is 12.0. The van der Waals surface area contributed by atoms with Crippen molar-refractivity contribution in [2.75, 3.05) is 19.6 Å². The van der Waals surface area contributed by atoms with Gasteiger partial charge in [-0.15, -0.1) is 11.3 Å². The highest BCUT2D eigenvalue weighted by Crippen LogP contribution is 2.15.